The van der Waals surface area contributed by atoms with Crippen molar-refractivity contribution in [2.45, 2.75) is 27.2 Å². The van der Waals surface area contributed by atoms with Crippen LogP contribution in [0.15, 0.2) is 42.6 Å². The second-order valence-electron chi connectivity index (χ2n) is 6.45. The molecule has 0 atom stereocenters. The molecule has 1 aromatic carbocycles. The van der Waals surface area contributed by atoms with Gasteiger partial charge in [0.25, 0.3) is 0 Å². The molecular weight excluding hydrogens is 344 g/mol. The normalized spacial score (nSPS) is 11.2. The summed E-state index contributed by atoms with van der Waals surface area (Å²) in [5.74, 6) is 0. The van der Waals surface area contributed by atoms with Gasteiger partial charge < -0.3 is 9.14 Å². The first-order chi connectivity index (χ1) is 12.6. The van der Waals surface area contributed by atoms with Gasteiger partial charge in [-0.3, -0.25) is 0 Å². The summed E-state index contributed by atoms with van der Waals surface area (Å²) in [5.41, 5.74) is 7.53. The summed E-state index contributed by atoms with van der Waals surface area (Å²) in [7, 11) is 0. The standard InChI is InChI=1S/C20H20N4OS/c1-13-4-7-16(8-5-13)19-17(10-11-25-20-15(3)22-23-26-20)24-12-14(2)6-9-18(24)21-19/h4-9,12H,10-11H2,1-3H3. The van der Waals surface area contributed by atoms with Gasteiger partial charge in [-0.1, -0.05) is 40.4 Å². The first kappa shape index (κ1) is 16.7. The predicted molar refractivity (Wildman–Crippen MR) is 104 cm³/mol. The zero-order valence-electron chi connectivity index (χ0n) is 15.1. The van der Waals surface area contributed by atoms with Gasteiger partial charge in [0, 0.05) is 29.7 Å². The molecule has 0 aliphatic rings. The molecule has 0 bridgehead atoms. The van der Waals surface area contributed by atoms with Gasteiger partial charge >= 0.3 is 0 Å². The van der Waals surface area contributed by atoms with E-state index < -0.39 is 0 Å². The fourth-order valence-corrected chi connectivity index (χ4v) is 3.52. The molecule has 26 heavy (non-hydrogen) atoms. The summed E-state index contributed by atoms with van der Waals surface area (Å²) < 4.78 is 12.0. The number of aryl methyl sites for hydroxylation is 3. The second-order valence-corrected chi connectivity index (χ2v) is 7.17. The van der Waals surface area contributed by atoms with Crippen molar-refractivity contribution in [3.63, 3.8) is 0 Å². The Morgan fingerprint density at radius 1 is 1.00 bits per heavy atom. The lowest BCUT2D eigenvalue weighted by atomic mass is 10.1. The fraction of sp³-hybridized carbons (Fsp3) is 0.250. The van der Waals surface area contributed by atoms with Crippen molar-refractivity contribution in [1.82, 2.24) is 19.0 Å². The Hall–Kier alpha value is -2.73. The van der Waals surface area contributed by atoms with E-state index in [2.05, 4.69) is 70.4 Å². The summed E-state index contributed by atoms with van der Waals surface area (Å²) in [6.45, 7) is 6.66. The Morgan fingerprint density at radius 2 is 1.77 bits per heavy atom. The van der Waals surface area contributed by atoms with Gasteiger partial charge in [-0.05, 0) is 32.4 Å². The van der Waals surface area contributed by atoms with Gasteiger partial charge in [-0.2, -0.15) is 0 Å². The number of pyridine rings is 1. The van der Waals surface area contributed by atoms with Crippen molar-refractivity contribution in [3.8, 4) is 16.3 Å². The van der Waals surface area contributed by atoms with Gasteiger partial charge in [0.1, 0.15) is 11.3 Å². The third-order valence-corrected chi connectivity index (χ3v) is 5.11. The van der Waals surface area contributed by atoms with Crippen LogP contribution in [0.25, 0.3) is 16.9 Å². The molecule has 4 rings (SSSR count). The van der Waals surface area contributed by atoms with E-state index in [0.717, 1.165) is 39.8 Å². The van der Waals surface area contributed by atoms with Crippen molar-refractivity contribution < 1.29 is 4.74 Å². The lowest BCUT2D eigenvalue weighted by Crippen LogP contribution is -2.05. The Labute approximate surface area is 156 Å². The highest BCUT2D eigenvalue weighted by atomic mass is 32.1. The summed E-state index contributed by atoms with van der Waals surface area (Å²) in [5, 5.41) is 4.78. The van der Waals surface area contributed by atoms with E-state index in [9.17, 15) is 0 Å². The molecule has 0 fully saturated rings. The summed E-state index contributed by atoms with van der Waals surface area (Å²) >= 11 is 1.29. The molecule has 4 aromatic rings. The predicted octanol–water partition coefficient (Wildman–Crippen LogP) is 4.40. The number of hydrogen-bond donors (Lipinski definition) is 0. The minimum atomic E-state index is 0.561. The number of nitrogens with zero attached hydrogens (tertiary/aromatic N) is 4. The van der Waals surface area contributed by atoms with E-state index in [1.165, 1.54) is 22.7 Å². The minimum Gasteiger partial charge on any atom is -0.481 e. The molecule has 0 aliphatic heterocycles. The molecule has 0 amide bonds. The average Bonchev–Trinajstić information content (AvgIpc) is 3.20. The number of rotatable bonds is 5. The summed E-state index contributed by atoms with van der Waals surface area (Å²) in [6, 6.07) is 12.7. The van der Waals surface area contributed by atoms with Crippen LogP contribution in [0, 0.1) is 20.8 Å². The molecule has 132 valence electrons. The van der Waals surface area contributed by atoms with E-state index in [1.807, 2.05) is 6.92 Å². The third kappa shape index (κ3) is 3.20. The van der Waals surface area contributed by atoms with Crippen LogP contribution < -0.4 is 4.74 Å². The molecule has 0 spiro atoms. The third-order valence-electron chi connectivity index (χ3n) is 4.37. The molecule has 0 aliphatic carbocycles. The fourth-order valence-electron chi connectivity index (χ4n) is 2.98. The second kappa shape index (κ2) is 6.88. The minimum absolute atomic E-state index is 0.561. The Bertz CT molecular complexity index is 1050. The zero-order chi connectivity index (χ0) is 18.1. The molecule has 6 heteroatoms. The summed E-state index contributed by atoms with van der Waals surface area (Å²) in [4.78, 5) is 4.87. The smallest absolute Gasteiger partial charge is 0.217 e. The molecule has 5 nitrogen and oxygen atoms in total. The number of benzene rings is 1. The Balaban J connectivity index is 1.70. The number of ether oxygens (including phenoxy) is 1. The van der Waals surface area contributed by atoms with Crippen LogP contribution in [0.1, 0.15) is 22.5 Å². The van der Waals surface area contributed by atoms with Gasteiger partial charge in [0.2, 0.25) is 5.06 Å². The van der Waals surface area contributed by atoms with Crippen LogP contribution in [0.5, 0.6) is 5.06 Å². The molecule has 3 heterocycles. The van der Waals surface area contributed by atoms with Crippen LogP contribution >= 0.6 is 11.5 Å². The van der Waals surface area contributed by atoms with E-state index >= 15 is 0 Å². The lowest BCUT2D eigenvalue weighted by Gasteiger charge is -2.07. The molecule has 3 aromatic heterocycles. The number of imidazole rings is 1. The van der Waals surface area contributed by atoms with Crippen molar-refractivity contribution in [2.24, 2.45) is 0 Å². The van der Waals surface area contributed by atoms with Gasteiger partial charge in [0.05, 0.1) is 18.0 Å². The molecule has 0 N–H and O–H groups in total. The highest BCUT2D eigenvalue weighted by Crippen LogP contribution is 2.26. The molecular formula is C20H20N4OS. The largest absolute Gasteiger partial charge is 0.481 e. The van der Waals surface area contributed by atoms with Crippen LogP contribution in [0.3, 0.4) is 0 Å². The average molecular weight is 364 g/mol. The van der Waals surface area contributed by atoms with Gasteiger partial charge in [-0.15, -0.1) is 5.10 Å². The van der Waals surface area contributed by atoms with Crippen LogP contribution in [0.4, 0.5) is 0 Å². The summed E-state index contributed by atoms with van der Waals surface area (Å²) in [6.07, 6.45) is 2.89. The maximum atomic E-state index is 5.89. The van der Waals surface area contributed by atoms with E-state index in [1.54, 1.807) is 0 Å². The van der Waals surface area contributed by atoms with Crippen molar-refractivity contribution in [1.29, 1.82) is 0 Å². The Morgan fingerprint density at radius 3 is 2.50 bits per heavy atom. The molecule has 0 saturated heterocycles. The lowest BCUT2D eigenvalue weighted by molar-refractivity contribution is 0.327. The van der Waals surface area contributed by atoms with Crippen molar-refractivity contribution in [3.05, 3.63) is 65.1 Å². The Kier molecular flexibility index (Phi) is 4.42. The van der Waals surface area contributed by atoms with E-state index in [-0.39, 0.29) is 0 Å². The highest BCUT2D eigenvalue weighted by Gasteiger charge is 2.15. The highest BCUT2D eigenvalue weighted by molar-refractivity contribution is 7.07. The molecule has 0 unspecified atom stereocenters. The maximum absolute atomic E-state index is 5.89. The van der Waals surface area contributed by atoms with E-state index in [0.29, 0.717) is 6.61 Å². The number of hydrogen-bond acceptors (Lipinski definition) is 5. The number of aromatic nitrogens is 4. The molecule has 0 saturated carbocycles. The van der Waals surface area contributed by atoms with E-state index in [4.69, 9.17) is 9.72 Å². The monoisotopic (exact) mass is 364 g/mol. The van der Waals surface area contributed by atoms with Crippen LogP contribution in [-0.2, 0) is 6.42 Å². The molecule has 0 radical (unpaired) electrons. The maximum Gasteiger partial charge on any atom is 0.217 e. The topological polar surface area (TPSA) is 52.3 Å². The first-order valence-electron chi connectivity index (χ1n) is 8.58. The van der Waals surface area contributed by atoms with Gasteiger partial charge in [0.15, 0.2) is 0 Å². The van der Waals surface area contributed by atoms with Crippen molar-refractivity contribution in [2.75, 3.05) is 6.61 Å². The van der Waals surface area contributed by atoms with Gasteiger partial charge in [-0.25, -0.2) is 4.98 Å². The van der Waals surface area contributed by atoms with Crippen LogP contribution in [0.2, 0.25) is 0 Å². The SMILES string of the molecule is Cc1ccc(-c2nc3ccc(C)cn3c2CCOc2snnc2C)cc1. The number of fused-ring (bicyclic) bond motifs is 1. The first-order valence-corrected chi connectivity index (χ1v) is 9.35. The zero-order valence-corrected chi connectivity index (χ0v) is 15.9. The van der Waals surface area contributed by atoms with Crippen molar-refractivity contribution >= 4 is 17.2 Å². The quantitative estimate of drug-likeness (QED) is 0.527. The van der Waals surface area contributed by atoms with Crippen LogP contribution in [-0.4, -0.2) is 25.6 Å².